The van der Waals surface area contributed by atoms with E-state index >= 15 is 0 Å². The molecule has 0 atom stereocenters. The van der Waals surface area contributed by atoms with Crippen LogP contribution < -0.4 is 10.2 Å². The number of sulfone groups is 1. The first-order valence-corrected chi connectivity index (χ1v) is 8.83. The minimum absolute atomic E-state index is 0.143. The number of aromatic nitrogens is 1. The van der Waals surface area contributed by atoms with Crippen molar-refractivity contribution in [3.8, 4) is 0 Å². The molecule has 0 saturated heterocycles. The molecule has 8 heteroatoms. The van der Waals surface area contributed by atoms with Gasteiger partial charge in [0.2, 0.25) is 0 Å². The van der Waals surface area contributed by atoms with Gasteiger partial charge in [0.1, 0.15) is 9.84 Å². The topological polar surface area (TPSA) is 71.5 Å². The van der Waals surface area contributed by atoms with Crippen LogP contribution in [-0.2, 0) is 21.1 Å². The smallest absolute Gasteiger partial charge is 0.185 e. The lowest BCUT2D eigenvalue weighted by Gasteiger charge is -2.14. The van der Waals surface area contributed by atoms with Crippen LogP contribution in [0.25, 0.3) is 0 Å². The lowest BCUT2D eigenvalue weighted by Crippen LogP contribution is -2.24. The Kier molecular flexibility index (Phi) is 6.70. The van der Waals surface area contributed by atoms with Crippen molar-refractivity contribution in [2.24, 2.45) is 0 Å². The fourth-order valence-electron chi connectivity index (χ4n) is 1.34. The largest absolute Gasteiger partial charge is 0.383 e. The Labute approximate surface area is 118 Å². The van der Waals surface area contributed by atoms with Gasteiger partial charge in [-0.05, 0) is 0 Å². The number of hydrogen-bond donors (Lipinski definition) is 1. The molecular formula is C11H21N3O3S2. The fourth-order valence-corrected chi connectivity index (χ4v) is 2.81. The number of hydrogen-bond acceptors (Lipinski definition) is 7. The van der Waals surface area contributed by atoms with Gasteiger partial charge in [-0.1, -0.05) is 0 Å². The maximum Gasteiger partial charge on any atom is 0.185 e. The molecule has 0 fully saturated rings. The molecule has 0 radical (unpaired) electrons. The van der Waals surface area contributed by atoms with E-state index in [1.165, 1.54) is 6.26 Å². The molecule has 0 amide bonds. The number of nitrogens with zero attached hydrogens (tertiary/aromatic N) is 2. The zero-order valence-electron chi connectivity index (χ0n) is 11.5. The number of nitrogens with one attached hydrogen (secondary N) is 1. The second-order valence-electron chi connectivity index (χ2n) is 4.33. The highest BCUT2D eigenvalue weighted by molar-refractivity contribution is 7.90. The lowest BCUT2D eigenvalue weighted by molar-refractivity contribution is 0.199. The Balaban J connectivity index is 2.40. The summed E-state index contributed by atoms with van der Waals surface area (Å²) >= 11 is 1.57. The third-order valence-corrected chi connectivity index (χ3v) is 4.48. The van der Waals surface area contributed by atoms with Crippen LogP contribution in [0.15, 0.2) is 6.20 Å². The van der Waals surface area contributed by atoms with Crippen LogP contribution in [0.5, 0.6) is 0 Å². The first-order chi connectivity index (χ1) is 8.92. The van der Waals surface area contributed by atoms with Gasteiger partial charge in [0.15, 0.2) is 5.13 Å². The summed E-state index contributed by atoms with van der Waals surface area (Å²) in [6.07, 6.45) is 3.06. The lowest BCUT2D eigenvalue weighted by atomic mass is 10.5. The van der Waals surface area contributed by atoms with E-state index in [4.69, 9.17) is 4.74 Å². The maximum absolute atomic E-state index is 11.1. The van der Waals surface area contributed by atoms with E-state index in [1.54, 1.807) is 18.4 Å². The first kappa shape index (κ1) is 16.4. The SMILES string of the molecule is COCCNCc1cnc(N(C)CCS(C)(=O)=O)s1. The number of rotatable bonds is 9. The molecule has 19 heavy (non-hydrogen) atoms. The van der Waals surface area contributed by atoms with Crippen molar-refractivity contribution in [1.29, 1.82) is 0 Å². The van der Waals surface area contributed by atoms with Crippen LogP contribution in [-0.4, -0.2) is 59.3 Å². The summed E-state index contributed by atoms with van der Waals surface area (Å²) < 4.78 is 27.2. The monoisotopic (exact) mass is 307 g/mol. The van der Waals surface area contributed by atoms with Crippen LogP contribution in [0.2, 0.25) is 0 Å². The third kappa shape index (κ3) is 6.86. The van der Waals surface area contributed by atoms with Crippen molar-refractivity contribution < 1.29 is 13.2 Å². The minimum Gasteiger partial charge on any atom is -0.383 e. The summed E-state index contributed by atoms with van der Waals surface area (Å²) in [6, 6.07) is 0. The molecule has 1 heterocycles. The van der Waals surface area contributed by atoms with Gasteiger partial charge in [0, 0.05) is 51.1 Å². The van der Waals surface area contributed by atoms with Crippen molar-refractivity contribution >= 4 is 26.3 Å². The normalized spacial score (nSPS) is 11.7. The van der Waals surface area contributed by atoms with Crippen LogP contribution in [0, 0.1) is 0 Å². The quantitative estimate of drug-likeness (QED) is 0.664. The van der Waals surface area contributed by atoms with Gasteiger partial charge in [0.25, 0.3) is 0 Å². The van der Waals surface area contributed by atoms with E-state index in [-0.39, 0.29) is 5.75 Å². The molecule has 6 nitrogen and oxygen atoms in total. The van der Waals surface area contributed by atoms with Crippen LogP contribution in [0.1, 0.15) is 4.88 Å². The average molecular weight is 307 g/mol. The van der Waals surface area contributed by atoms with E-state index < -0.39 is 9.84 Å². The molecule has 0 aromatic carbocycles. The number of anilines is 1. The van der Waals surface area contributed by atoms with Gasteiger partial charge in [0.05, 0.1) is 12.4 Å². The Hall–Kier alpha value is -0.700. The minimum atomic E-state index is -2.93. The summed E-state index contributed by atoms with van der Waals surface area (Å²) in [6.45, 7) is 2.69. The first-order valence-electron chi connectivity index (χ1n) is 5.95. The van der Waals surface area contributed by atoms with Crippen molar-refractivity contribution in [2.75, 3.05) is 50.8 Å². The van der Waals surface area contributed by atoms with Gasteiger partial charge in [-0.3, -0.25) is 0 Å². The number of thiazole rings is 1. The van der Waals surface area contributed by atoms with Gasteiger partial charge >= 0.3 is 0 Å². The second-order valence-corrected chi connectivity index (χ2v) is 7.68. The molecule has 0 spiro atoms. The molecule has 0 aliphatic rings. The maximum atomic E-state index is 11.1. The van der Waals surface area contributed by atoms with Crippen molar-refractivity contribution in [1.82, 2.24) is 10.3 Å². The van der Waals surface area contributed by atoms with Crippen LogP contribution in [0.3, 0.4) is 0 Å². The highest BCUT2D eigenvalue weighted by Gasteiger charge is 2.10. The summed E-state index contributed by atoms with van der Waals surface area (Å²) in [5, 5.41) is 4.08. The Morgan fingerprint density at radius 2 is 2.26 bits per heavy atom. The van der Waals surface area contributed by atoms with E-state index in [2.05, 4.69) is 10.3 Å². The molecular weight excluding hydrogens is 286 g/mol. The molecule has 1 aromatic heterocycles. The molecule has 0 aliphatic heterocycles. The number of ether oxygens (including phenoxy) is 1. The molecule has 0 saturated carbocycles. The molecule has 110 valence electrons. The van der Waals surface area contributed by atoms with E-state index in [9.17, 15) is 8.42 Å². The summed E-state index contributed by atoms with van der Waals surface area (Å²) in [7, 11) is 0.591. The molecule has 1 aromatic rings. The van der Waals surface area contributed by atoms with Crippen molar-refractivity contribution in [3.05, 3.63) is 11.1 Å². The third-order valence-electron chi connectivity index (χ3n) is 2.45. The van der Waals surface area contributed by atoms with Crippen LogP contribution in [0.4, 0.5) is 5.13 Å². The fraction of sp³-hybridized carbons (Fsp3) is 0.727. The second kappa shape index (κ2) is 7.78. The predicted octanol–water partition coefficient (Wildman–Crippen LogP) is 0.360. The molecule has 0 unspecified atom stereocenters. The molecule has 0 aliphatic carbocycles. The van der Waals surface area contributed by atoms with Crippen LogP contribution >= 0.6 is 11.3 Å². The Morgan fingerprint density at radius 3 is 2.89 bits per heavy atom. The summed E-state index contributed by atoms with van der Waals surface area (Å²) in [5.74, 6) is 0.143. The van der Waals surface area contributed by atoms with E-state index in [1.807, 2.05) is 18.1 Å². The zero-order valence-corrected chi connectivity index (χ0v) is 13.2. The zero-order chi connectivity index (χ0) is 14.3. The van der Waals surface area contributed by atoms with E-state index in [0.717, 1.165) is 23.1 Å². The van der Waals surface area contributed by atoms with Gasteiger partial charge in [-0.25, -0.2) is 13.4 Å². The number of methoxy groups -OCH3 is 1. The summed E-state index contributed by atoms with van der Waals surface area (Å²) in [4.78, 5) is 7.28. The predicted molar refractivity (Wildman–Crippen MR) is 78.7 cm³/mol. The van der Waals surface area contributed by atoms with Gasteiger partial charge in [-0.2, -0.15) is 0 Å². The van der Waals surface area contributed by atoms with E-state index in [0.29, 0.717) is 13.2 Å². The molecule has 0 bridgehead atoms. The summed E-state index contributed by atoms with van der Waals surface area (Å²) in [5.41, 5.74) is 0. The van der Waals surface area contributed by atoms with Gasteiger partial charge < -0.3 is 15.0 Å². The Bertz CT molecular complexity index is 473. The van der Waals surface area contributed by atoms with Crippen molar-refractivity contribution in [3.63, 3.8) is 0 Å². The van der Waals surface area contributed by atoms with Crippen molar-refractivity contribution in [2.45, 2.75) is 6.54 Å². The van der Waals surface area contributed by atoms with Gasteiger partial charge in [-0.15, -0.1) is 11.3 Å². The molecule has 1 rings (SSSR count). The Morgan fingerprint density at radius 1 is 1.53 bits per heavy atom. The molecule has 1 N–H and O–H groups in total. The highest BCUT2D eigenvalue weighted by Crippen LogP contribution is 2.21. The highest BCUT2D eigenvalue weighted by atomic mass is 32.2. The standard InChI is InChI=1S/C11H21N3O3S2/c1-14(5-7-19(3,15)16)11-13-9-10(18-11)8-12-4-6-17-2/h9,12H,4-8H2,1-3H3. The average Bonchev–Trinajstić information content (AvgIpc) is 2.79.